The summed E-state index contributed by atoms with van der Waals surface area (Å²) in [6.07, 6.45) is 3.07. The van der Waals surface area contributed by atoms with Crippen LogP contribution in [0.1, 0.15) is 36.0 Å². The van der Waals surface area contributed by atoms with Gasteiger partial charge < -0.3 is 10.6 Å². The molecule has 4 heteroatoms. The molecule has 0 unspecified atom stereocenters. The van der Waals surface area contributed by atoms with E-state index < -0.39 is 5.41 Å². The number of aryl methyl sites for hydroxylation is 2. The topological polar surface area (TPSA) is 58.2 Å². The van der Waals surface area contributed by atoms with Crippen LogP contribution in [0.2, 0.25) is 0 Å². The van der Waals surface area contributed by atoms with Crippen LogP contribution in [0.15, 0.2) is 54.6 Å². The molecule has 2 aromatic rings. The lowest BCUT2D eigenvalue weighted by atomic mass is 10.0. The molecule has 1 aliphatic carbocycles. The molecule has 1 aliphatic rings. The number of amides is 2. The van der Waals surface area contributed by atoms with E-state index in [-0.39, 0.29) is 11.8 Å². The molecular formula is C22H26N2O2. The molecule has 4 nitrogen and oxygen atoms in total. The molecule has 0 heterocycles. The zero-order valence-electron chi connectivity index (χ0n) is 15.3. The van der Waals surface area contributed by atoms with Crippen LogP contribution in [0.5, 0.6) is 0 Å². The second-order valence-electron chi connectivity index (χ2n) is 7.10. The van der Waals surface area contributed by atoms with Crippen molar-refractivity contribution in [3.8, 4) is 0 Å². The van der Waals surface area contributed by atoms with Gasteiger partial charge in [-0.05, 0) is 43.7 Å². The zero-order valence-corrected chi connectivity index (χ0v) is 15.3. The molecule has 1 saturated carbocycles. The van der Waals surface area contributed by atoms with Crippen molar-refractivity contribution in [3.05, 3.63) is 71.3 Å². The quantitative estimate of drug-likeness (QED) is 0.568. The molecule has 2 amide bonds. The van der Waals surface area contributed by atoms with Crippen LogP contribution in [0, 0.1) is 12.3 Å². The van der Waals surface area contributed by atoms with Crippen molar-refractivity contribution in [2.75, 3.05) is 6.54 Å². The standard InChI is InChI=1S/C22H26N2O2/c1-17-7-5-10-19(15-17)16-24-21(26)22(12-13-22)20(25)23-14-6-11-18-8-3-2-4-9-18/h2-5,7-10,15H,6,11-14,16H2,1H3,(H,23,25)(H,24,26). The lowest BCUT2D eigenvalue weighted by Gasteiger charge is -2.15. The van der Waals surface area contributed by atoms with E-state index in [1.807, 2.05) is 49.4 Å². The highest BCUT2D eigenvalue weighted by atomic mass is 16.2. The maximum atomic E-state index is 12.5. The minimum atomic E-state index is -0.851. The molecule has 0 spiro atoms. The Kier molecular flexibility index (Phi) is 5.71. The summed E-state index contributed by atoms with van der Waals surface area (Å²) in [4.78, 5) is 25.0. The van der Waals surface area contributed by atoms with Crippen molar-refractivity contribution in [1.82, 2.24) is 10.6 Å². The van der Waals surface area contributed by atoms with Gasteiger partial charge in [0.2, 0.25) is 11.8 Å². The largest absolute Gasteiger partial charge is 0.355 e. The Balaban J connectivity index is 1.43. The van der Waals surface area contributed by atoms with Gasteiger partial charge in [-0.1, -0.05) is 60.2 Å². The van der Waals surface area contributed by atoms with Crippen LogP contribution in [0.4, 0.5) is 0 Å². The van der Waals surface area contributed by atoms with Crippen LogP contribution in [-0.2, 0) is 22.6 Å². The number of hydrogen-bond donors (Lipinski definition) is 2. The Morgan fingerprint density at radius 3 is 2.31 bits per heavy atom. The lowest BCUT2D eigenvalue weighted by molar-refractivity contribution is -0.137. The van der Waals surface area contributed by atoms with E-state index in [2.05, 4.69) is 22.8 Å². The van der Waals surface area contributed by atoms with E-state index in [1.165, 1.54) is 5.56 Å². The fourth-order valence-electron chi connectivity index (χ4n) is 3.16. The van der Waals surface area contributed by atoms with Gasteiger partial charge in [0.05, 0.1) is 0 Å². The second kappa shape index (κ2) is 8.17. The van der Waals surface area contributed by atoms with Gasteiger partial charge in [-0.25, -0.2) is 0 Å². The maximum Gasteiger partial charge on any atom is 0.235 e. The molecule has 3 rings (SSSR count). The first-order valence-corrected chi connectivity index (χ1v) is 9.26. The maximum absolute atomic E-state index is 12.5. The molecule has 2 aromatic carbocycles. The van der Waals surface area contributed by atoms with E-state index in [1.54, 1.807) is 0 Å². The monoisotopic (exact) mass is 350 g/mol. The molecule has 0 saturated heterocycles. The van der Waals surface area contributed by atoms with E-state index in [4.69, 9.17) is 0 Å². The SMILES string of the molecule is Cc1cccc(CNC(=O)C2(C(=O)NCCCc3ccccc3)CC2)c1. The van der Waals surface area contributed by atoms with Crippen LogP contribution in [-0.4, -0.2) is 18.4 Å². The average molecular weight is 350 g/mol. The Morgan fingerprint density at radius 2 is 1.62 bits per heavy atom. The van der Waals surface area contributed by atoms with Crippen molar-refractivity contribution in [1.29, 1.82) is 0 Å². The van der Waals surface area contributed by atoms with Gasteiger partial charge in [0, 0.05) is 13.1 Å². The number of nitrogens with one attached hydrogen (secondary N) is 2. The summed E-state index contributed by atoms with van der Waals surface area (Å²) in [5.41, 5.74) is 2.63. The fraction of sp³-hybridized carbons (Fsp3) is 0.364. The van der Waals surface area contributed by atoms with Crippen molar-refractivity contribution in [3.63, 3.8) is 0 Å². The van der Waals surface area contributed by atoms with Crippen molar-refractivity contribution in [2.24, 2.45) is 5.41 Å². The van der Waals surface area contributed by atoms with Crippen molar-refractivity contribution < 1.29 is 9.59 Å². The minimum absolute atomic E-state index is 0.132. The van der Waals surface area contributed by atoms with Gasteiger partial charge >= 0.3 is 0 Å². The lowest BCUT2D eigenvalue weighted by Crippen LogP contribution is -2.43. The van der Waals surface area contributed by atoms with Crippen molar-refractivity contribution >= 4 is 11.8 Å². The van der Waals surface area contributed by atoms with Gasteiger partial charge in [0.15, 0.2) is 0 Å². The van der Waals surface area contributed by atoms with Gasteiger partial charge in [-0.3, -0.25) is 9.59 Å². The third kappa shape index (κ3) is 4.51. The van der Waals surface area contributed by atoms with Crippen LogP contribution < -0.4 is 10.6 Å². The van der Waals surface area contributed by atoms with Crippen LogP contribution >= 0.6 is 0 Å². The number of rotatable bonds is 8. The van der Waals surface area contributed by atoms with Gasteiger partial charge in [0.1, 0.15) is 5.41 Å². The van der Waals surface area contributed by atoms with E-state index >= 15 is 0 Å². The minimum Gasteiger partial charge on any atom is -0.355 e. The number of carbonyl (C=O) groups is 2. The van der Waals surface area contributed by atoms with E-state index in [0.717, 1.165) is 24.0 Å². The third-order valence-corrected chi connectivity index (χ3v) is 4.93. The summed E-state index contributed by atoms with van der Waals surface area (Å²) < 4.78 is 0. The summed E-state index contributed by atoms with van der Waals surface area (Å²) in [7, 11) is 0. The zero-order chi connectivity index (χ0) is 18.4. The predicted octanol–water partition coefficient (Wildman–Crippen LogP) is 3.14. The molecule has 0 bridgehead atoms. The van der Waals surface area contributed by atoms with E-state index in [9.17, 15) is 9.59 Å². The second-order valence-corrected chi connectivity index (χ2v) is 7.10. The third-order valence-electron chi connectivity index (χ3n) is 4.93. The highest BCUT2D eigenvalue weighted by molar-refractivity contribution is 6.07. The summed E-state index contributed by atoms with van der Waals surface area (Å²) in [5.74, 6) is -0.285. The summed E-state index contributed by atoms with van der Waals surface area (Å²) in [6.45, 7) is 3.08. The molecule has 26 heavy (non-hydrogen) atoms. The molecule has 2 N–H and O–H groups in total. The van der Waals surface area contributed by atoms with Crippen LogP contribution in [0.3, 0.4) is 0 Å². The molecule has 0 aromatic heterocycles. The number of carbonyl (C=O) groups excluding carboxylic acids is 2. The predicted molar refractivity (Wildman–Crippen MR) is 102 cm³/mol. The first-order chi connectivity index (χ1) is 12.6. The van der Waals surface area contributed by atoms with Gasteiger partial charge in [-0.2, -0.15) is 0 Å². The number of benzene rings is 2. The van der Waals surface area contributed by atoms with Gasteiger partial charge in [0.25, 0.3) is 0 Å². The Bertz CT molecular complexity index is 767. The molecular weight excluding hydrogens is 324 g/mol. The highest BCUT2D eigenvalue weighted by Crippen LogP contribution is 2.46. The smallest absolute Gasteiger partial charge is 0.235 e. The first-order valence-electron chi connectivity index (χ1n) is 9.26. The molecule has 1 fully saturated rings. The molecule has 0 atom stereocenters. The van der Waals surface area contributed by atoms with Gasteiger partial charge in [-0.15, -0.1) is 0 Å². The van der Waals surface area contributed by atoms with Crippen LogP contribution in [0.25, 0.3) is 0 Å². The Labute approximate surface area is 155 Å². The Hall–Kier alpha value is -2.62. The first kappa shape index (κ1) is 18.2. The molecule has 0 radical (unpaired) electrons. The summed E-state index contributed by atoms with van der Waals surface area (Å²) in [5, 5.41) is 5.87. The summed E-state index contributed by atoms with van der Waals surface area (Å²) in [6, 6.07) is 18.2. The average Bonchev–Trinajstić information content (AvgIpc) is 3.46. The highest BCUT2D eigenvalue weighted by Gasteiger charge is 2.56. The Morgan fingerprint density at radius 1 is 0.923 bits per heavy atom. The van der Waals surface area contributed by atoms with E-state index in [0.29, 0.717) is 25.9 Å². The molecule has 0 aliphatic heterocycles. The molecule has 136 valence electrons. The number of hydrogen-bond acceptors (Lipinski definition) is 2. The summed E-state index contributed by atoms with van der Waals surface area (Å²) >= 11 is 0. The fourth-order valence-corrected chi connectivity index (χ4v) is 3.16. The normalized spacial score (nSPS) is 14.5. The van der Waals surface area contributed by atoms with Crippen molar-refractivity contribution in [2.45, 2.75) is 39.2 Å².